The Labute approximate surface area is 173 Å². The van der Waals surface area contributed by atoms with Gasteiger partial charge < -0.3 is 15.0 Å². The average molecular weight is 420 g/mol. The Morgan fingerprint density at radius 3 is 2.21 bits per heavy atom. The Morgan fingerprint density at radius 2 is 1.69 bits per heavy atom. The van der Waals surface area contributed by atoms with E-state index < -0.39 is 10.0 Å². The van der Waals surface area contributed by atoms with Crippen LogP contribution in [0.1, 0.15) is 29.8 Å². The van der Waals surface area contributed by atoms with Gasteiger partial charge in [0.05, 0.1) is 17.6 Å². The van der Waals surface area contributed by atoms with Crippen LogP contribution in [0.2, 0.25) is 0 Å². The van der Waals surface area contributed by atoms with Gasteiger partial charge in [0.1, 0.15) is 5.75 Å². The molecule has 0 fully saturated rings. The summed E-state index contributed by atoms with van der Waals surface area (Å²) in [5.74, 6) is -0.0557. The van der Waals surface area contributed by atoms with E-state index in [1.807, 2.05) is 57.1 Å². The van der Waals surface area contributed by atoms with Crippen molar-refractivity contribution in [2.24, 2.45) is 0 Å². The lowest BCUT2D eigenvalue weighted by molar-refractivity contribution is 0.0940. The molecule has 0 aliphatic heterocycles. The Morgan fingerprint density at radius 1 is 1.07 bits per heavy atom. The van der Waals surface area contributed by atoms with Crippen LogP contribution < -0.4 is 15.0 Å². The molecule has 0 radical (unpaired) electrons. The first-order valence-corrected chi connectivity index (χ1v) is 10.7. The summed E-state index contributed by atoms with van der Waals surface area (Å²) in [5, 5.41) is 2.76. The molecule has 0 saturated heterocycles. The van der Waals surface area contributed by atoms with Crippen LogP contribution in [0.5, 0.6) is 5.75 Å². The van der Waals surface area contributed by atoms with Gasteiger partial charge in [0, 0.05) is 39.4 Å². The van der Waals surface area contributed by atoms with E-state index >= 15 is 0 Å². The number of methoxy groups -OCH3 is 1. The molecule has 0 bridgehead atoms. The molecule has 0 spiro atoms. The summed E-state index contributed by atoms with van der Waals surface area (Å²) in [7, 11) is 3.07. The van der Waals surface area contributed by atoms with Crippen molar-refractivity contribution in [1.82, 2.24) is 9.62 Å². The van der Waals surface area contributed by atoms with Crippen molar-refractivity contribution in [3.8, 4) is 5.75 Å². The molecule has 0 aromatic heterocycles. The number of nitrogens with one attached hydrogen (secondary N) is 1. The van der Waals surface area contributed by atoms with Gasteiger partial charge in [-0.1, -0.05) is 12.1 Å². The molecular weight excluding hydrogens is 390 g/mol. The molecule has 29 heavy (non-hydrogen) atoms. The van der Waals surface area contributed by atoms with Crippen LogP contribution in [0, 0.1) is 0 Å². The number of hydrogen-bond donors (Lipinski definition) is 1. The Kier molecular flexibility index (Phi) is 7.26. The van der Waals surface area contributed by atoms with Gasteiger partial charge in [-0.15, -0.1) is 0 Å². The van der Waals surface area contributed by atoms with E-state index in [0.717, 1.165) is 11.3 Å². The highest BCUT2D eigenvalue weighted by molar-refractivity contribution is 7.89. The predicted octanol–water partition coefficient (Wildman–Crippen LogP) is 2.72. The van der Waals surface area contributed by atoms with Gasteiger partial charge in [-0.2, -0.15) is 4.31 Å². The third-order valence-corrected chi connectivity index (χ3v) is 6.20. The Balaban J connectivity index is 2.30. The first-order valence-electron chi connectivity index (χ1n) is 9.27. The van der Waals surface area contributed by atoms with Gasteiger partial charge in [-0.3, -0.25) is 4.79 Å². The van der Waals surface area contributed by atoms with Crippen molar-refractivity contribution in [1.29, 1.82) is 0 Å². The van der Waals surface area contributed by atoms with Crippen LogP contribution in [0.15, 0.2) is 47.4 Å². The molecule has 0 aliphatic rings. The van der Waals surface area contributed by atoms with Gasteiger partial charge in [0.25, 0.3) is 5.91 Å². The number of ether oxygens (including phenoxy) is 1. The van der Waals surface area contributed by atoms with Gasteiger partial charge in [-0.25, -0.2) is 8.42 Å². The summed E-state index contributed by atoms with van der Waals surface area (Å²) in [6.07, 6.45) is 0. The second-order valence-corrected chi connectivity index (χ2v) is 9.36. The van der Waals surface area contributed by atoms with Crippen LogP contribution in [0.3, 0.4) is 0 Å². The molecule has 7 nitrogen and oxygen atoms in total. The maximum atomic E-state index is 13.1. The fourth-order valence-corrected chi connectivity index (χ4v) is 3.97. The first-order chi connectivity index (χ1) is 13.6. The quantitative estimate of drug-likeness (QED) is 0.712. The minimum Gasteiger partial charge on any atom is -0.496 e. The minimum absolute atomic E-state index is 0.0413. The van der Waals surface area contributed by atoms with Gasteiger partial charge in [-0.05, 0) is 49.7 Å². The van der Waals surface area contributed by atoms with Gasteiger partial charge >= 0.3 is 0 Å². The number of anilines is 1. The molecule has 0 saturated carbocycles. The SMILES string of the molecule is COc1ccc(S(=O)(=O)N(C)Cc2ccc(N(C)C)cc2)cc1C(=O)NC(C)C. The lowest BCUT2D eigenvalue weighted by atomic mass is 10.2. The van der Waals surface area contributed by atoms with Crippen LogP contribution in [0.4, 0.5) is 5.69 Å². The normalized spacial score (nSPS) is 11.6. The molecule has 158 valence electrons. The monoisotopic (exact) mass is 419 g/mol. The number of carbonyl (C=O) groups excluding carboxylic acids is 1. The van der Waals surface area contributed by atoms with Crippen molar-refractivity contribution in [2.75, 3.05) is 33.2 Å². The molecule has 8 heteroatoms. The van der Waals surface area contributed by atoms with Crippen molar-refractivity contribution >= 4 is 21.6 Å². The fourth-order valence-electron chi connectivity index (χ4n) is 2.79. The first kappa shape index (κ1) is 22.7. The molecule has 0 atom stereocenters. The minimum atomic E-state index is -3.79. The van der Waals surface area contributed by atoms with E-state index in [1.54, 1.807) is 0 Å². The second-order valence-electron chi connectivity index (χ2n) is 7.31. The molecule has 0 heterocycles. The lowest BCUT2D eigenvalue weighted by Crippen LogP contribution is -2.31. The number of amides is 1. The summed E-state index contributed by atoms with van der Waals surface area (Å²) in [5.41, 5.74) is 2.09. The summed E-state index contributed by atoms with van der Waals surface area (Å²) in [6.45, 7) is 3.89. The predicted molar refractivity (Wildman–Crippen MR) is 115 cm³/mol. The third kappa shape index (κ3) is 5.48. The average Bonchev–Trinajstić information content (AvgIpc) is 2.67. The Bertz CT molecular complexity index is 954. The topological polar surface area (TPSA) is 79.0 Å². The van der Waals surface area contributed by atoms with Crippen LogP contribution in [0.25, 0.3) is 0 Å². The highest BCUT2D eigenvalue weighted by atomic mass is 32.2. The highest BCUT2D eigenvalue weighted by Gasteiger charge is 2.24. The van der Waals surface area contributed by atoms with Crippen molar-refractivity contribution in [3.05, 3.63) is 53.6 Å². The van der Waals surface area contributed by atoms with E-state index in [0.29, 0.717) is 5.75 Å². The van der Waals surface area contributed by atoms with Crippen LogP contribution in [-0.4, -0.2) is 52.9 Å². The number of nitrogens with zero attached hydrogens (tertiary/aromatic N) is 2. The molecular formula is C21H29N3O4S. The zero-order valence-corrected chi connectivity index (χ0v) is 18.6. The van der Waals surface area contributed by atoms with E-state index in [9.17, 15) is 13.2 Å². The number of rotatable bonds is 8. The number of sulfonamides is 1. The third-order valence-electron chi connectivity index (χ3n) is 4.40. The van der Waals surface area contributed by atoms with E-state index in [-0.39, 0.29) is 29.0 Å². The molecule has 1 N–H and O–H groups in total. The molecule has 1 amide bonds. The van der Waals surface area contributed by atoms with E-state index in [1.165, 1.54) is 36.7 Å². The fraction of sp³-hybridized carbons (Fsp3) is 0.381. The Hall–Kier alpha value is -2.58. The number of carbonyl (C=O) groups is 1. The smallest absolute Gasteiger partial charge is 0.255 e. The summed E-state index contributed by atoms with van der Waals surface area (Å²) in [4.78, 5) is 14.5. The zero-order valence-electron chi connectivity index (χ0n) is 17.8. The molecule has 2 rings (SSSR count). The number of benzene rings is 2. The van der Waals surface area contributed by atoms with Crippen LogP contribution >= 0.6 is 0 Å². The number of hydrogen-bond acceptors (Lipinski definition) is 5. The van der Waals surface area contributed by atoms with E-state index in [4.69, 9.17) is 4.74 Å². The molecule has 0 unspecified atom stereocenters. The zero-order chi connectivity index (χ0) is 21.8. The second kappa shape index (κ2) is 9.28. The van der Waals surface area contributed by atoms with E-state index in [2.05, 4.69) is 5.32 Å². The summed E-state index contributed by atoms with van der Waals surface area (Å²) in [6, 6.07) is 11.9. The largest absolute Gasteiger partial charge is 0.496 e. The van der Waals surface area contributed by atoms with Crippen molar-refractivity contribution in [2.45, 2.75) is 31.3 Å². The van der Waals surface area contributed by atoms with Crippen molar-refractivity contribution in [3.63, 3.8) is 0 Å². The highest BCUT2D eigenvalue weighted by Crippen LogP contribution is 2.25. The molecule has 2 aromatic carbocycles. The standard InChI is InChI=1S/C21H29N3O4S/c1-15(2)22-21(25)19-13-18(11-12-20(19)28-6)29(26,27)24(5)14-16-7-9-17(10-8-16)23(3)4/h7-13,15H,14H2,1-6H3,(H,22,25). The van der Waals surface area contributed by atoms with Gasteiger partial charge in [0.2, 0.25) is 10.0 Å². The molecule has 0 aliphatic carbocycles. The maximum absolute atomic E-state index is 13.1. The summed E-state index contributed by atoms with van der Waals surface area (Å²) < 4.78 is 32.6. The summed E-state index contributed by atoms with van der Waals surface area (Å²) >= 11 is 0. The lowest BCUT2D eigenvalue weighted by Gasteiger charge is -2.19. The van der Waals surface area contributed by atoms with Crippen molar-refractivity contribution < 1.29 is 17.9 Å². The molecule has 2 aromatic rings. The van der Waals surface area contributed by atoms with Crippen LogP contribution in [-0.2, 0) is 16.6 Å². The van der Waals surface area contributed by atoms with Gasteiger partial charge in [0.15, 0.2) is 0 Å². The maximum Gasteiger partial charge on any atom is 0.255 e.